The SMILES string of the molecule is CC(C(=O)OCc1ccccc1)=C(Cc1ccccc1)Cc1ccccc1. The minimum atomic E-state index is -0.249. The van der Waals surface area contributed by atoms with Crippen LogP contribution in [0.2, 0.25) is 0 Å². The predicted octanol–water partition coefficient (Wildman–Crippen LogP) is 5.53. The van der Waals surface area contributed by atoms with Gasteiger partial charge in [-0.15, -0.1) is 0 Å². The Morgan fingerprint density at radius 3 is 1.52 bits per heavy atom. The van der Waals surface area contributed by atoms with Crippen LogP contribution in [-0.4, -0.2) is 5.97 Å². The number of hydrogen-bond donors (Lipinski definition) is 0. The number of carbonyl (C=O) groups is 1. The Morgan fingerprint density at radius 1 is 0.667 bits per heavy atom. The monoisotopic (exact) mass is 356 g/mol. The smallest absolute Gasteiger partial charge is 0.334 e. The molecule has 3 aromatic rings. The molecule has 0 aliphatic heterocycles. The van der Waals surface area contributed by atoms with Crippen LogP contribution in [0.5, 0.6) is 0 Å². The molecular weight excluding hydrogens is 332 g/mol. The van der Waals surface area contributed by atoms with E-state index in [9.17, 15) is 4.79 Å². The summed E-state index contributed by atoms with van der Waals surface area (Å²) in [6, 6.07) is 30.2. The molecule has 0 unspecified atom stereocenters. The lowest BCUT2D eigenvalue weighted by Gasteiger charge is -2.13. The molecule has 0 N–H and O–H groups in total. The molecule has 136 valence electrons. The normalized spacial score (nSPS) is 10.3. The van der Waals surface area contributed by atoms with E-state index in [1.54, 1.807) is 0 Å². The maximum atomic E-state index is 12.7. The zero-order chi connectivity index (χ0) is 18.9. The molecule has 0 fully saturated rings. The molecule has 0 saturated heterocycles. The van der Waals surface area contributed by atoms with E-state index in [0.29, 0.717) is 12.2 Å². The van der Waals surface area contributed by atoms with Crippen LogP contribution >= 0.6 is 0 Å². The van der Waals surface area contributed by atoms with Crippen molar-refractivity contribution in [2.45, 2.75) is 26.4 Å². The highest BCUT2D eigenvalue weighted by atomic mass is 16.5. The van der Waals surface area contributed by atoms with E-state index in [0.717, 1.165) is 24.0 Å². The van der Waals surface area contributed by atoms with Crippen LogP contribution in [0, 0.1) is 0 Å². The molecule has 0 spiro atoms. The lowest BCUT2D eigenvalue weighted by atomic mass is 9.94. The Balaban J connectivity index is 1.78. The summed E-state index contributed by atoms with van der Waals surface area (Å²) >= 11 is 0. The Morgan fingerprint density at radius 2 is 1.07 bits per heavy atom. The molecule has 3 aromatic carbocycles. The second-order valence-corrected chi connectivity index (χ2v) is 6.62. The van der Waals surface area contributed by atoms with Crippen LogP contribution in [0.3, 0.4) is 0 Å². The van der Waals surface area contributed by atoms with E-state index in [1.807, 2.05) is 73.7 Å². The molecule has 0 saturated carbocycles. The van der Waals surface area contributed by atoms with Crippen molar-refractivity contribution in [3.05, 3.63) is 119 Å². The van der Waals surface area contributed by atoms with Gasteiger partial charge in [0.25, 0.3) is 0 Å². The summed E-state index contributed by atoms with van der Waals surface area (Å²) in [5, 5.41) is 0. The lowest BCUT2D eigenvalue weighted by molar-refractivity contribution is -0.140. The van der Waals surface area contributed by atoms with Crippen molar-refractivity contribution in [1.29, 1.82) is 0 Å². The van der Waals surface area contributed by atoms with E-state index in [2.05, 4.69) is 24.3 Å². The fourth-order valence-electron chi connectivity index (χ4n) is 2.99. The standard InChI is InChI=1S/C25H24O2/c1-20(25(26)27-19-23-15-9-4-10-16-23)24(17-21-11-5-2-6-12-21)18-22-13-7-3-8-14-22/h2-16H,17-19H2,1H3. The highest BCUT2D eigenvalue weighted by Gasteiger charge is 2.14. The number of allylic oxidation sites excluding steroid dienone is 1. The van der Waals surface area contributed by atoms with Crippen LogP contribution in [0.25, 0.3) is 0 Å². The van der Waals surface area contributed by atoms with Gasteiger partial charge >= 0.3 is 5.97 Å². The van der Waals surface area contributed by atoms with Crippen molar-refractivity contribution in [2.75, 3.05) is 0 Å². The van der Waals surface area contributed by atoms with Crippen molar-refractivity contribution in [1.82, 2.24) is 0 Å². The van der Waals surface area contributed by atoms with Gasteiger partial charge in [0.2, 0.25) is 0 Å². The van der Waals surface area contributed by atoms with Crippen molar-refractivity contribution < 1.29 is 9.53 Å². The molecule has 27 heavy (non-hydrogen) atoms. The summed E-state index contributed by atoms with van der Waals surface area (Å²) in [5.74, 6) is -0.249. The number of benzene rings is 3. The first-order valence-electron chi connectivity index (χ1n) is 9.20. The molecule has 0 bridgehead atoms. The van der Waals surface area contributed by atoms with Crippen LogP contribution in [-0.2, 0) is 29.0 Å². The van der Waals surface area contributed by atoms with E-state index in [1.165, 1.54) is 11.1 Å². The summed E-state index contributed by atoms with van der Waals surface area (Å²) in [6.45, 7) is 2.16. The second-order valence-electron chi connectivity index (χ2n) is 6.62. The zero-order valence-corrected chi connectivity index (χ0v) is 15.6. The molecule has 2 heteroatoms. The molecule has 3 rings (SSSR count). The molecule has 0 aliphatic rings. The fourth-order valence-corrected chi connectivity index (χ4v) is 2.99. The maximum Gasteiger partial charge on any atom is 0.334 e. The molecule has 0 radical (unpaired) electrons. The van der Waals surface area contributed by atoms with Crippen molar-refractivity contribution >= 4 is 5.97 Å². The van der Waals surface area contributed by atoms with Gasteiger partial charge in [0.05, 0.1) is 0 Å². The zero-order valence-electron chi connectivity index (χ0n) is 15.6. The first-order valence-corrected chi connectivity index (χ1v) is 9.20. The third kappa shape index (κ3) is 5.68. The van der Waals surface area contributed by atoms with Crippen molar-refractivity contribution in [2.24, 2.45) is 0 Å². The van der Waals surface area contributed by atoms with Gasteiger partial charge in [-0.3, -0.25) is 0 Å². The van der Waals surface area contributed by atoms with E-state index in [4.69, 9.17) is 4.74 Å². The second kappa shape index (κ2) is 9.54. The van der Waals surface area contributed by atoms with Crippen LogP contribution < -0.4 is 0 Å². The molecule has 0 aliphatic carbocycles. The van der Waals surface area contributed by atoms with Gasteiger partial charge in [0, 0.05) is 5.57 Å². The Labute approximate surface area is 161 Å². The van der Waals surface area contributed by atoms with Crippen molar-refractivity contribution in [3.63, 3.8) is 0 Å². The Kier molecular flexibility index (Phi) is 6.59. The highest BCUT2D eigenvalue weighted by Crippen LogP contribution is 2.19. The summed E-state index contributed by atoms with van der Waals surface area (Å²) in [6.07, 6.45) is 1.48. The highest BCUT2D eigenvalue weighted by molar-refractivity contribution is 5.88. The van der Waals surface area contributed by atoms with E-state index in [-0.39, 0.29) is 5.97 Å². The molecule has 0 heterocycles. The average molecular weight is 356 g/mol. The molecule has 0 amide bonds. The minimum Gasteiger partial charge on any atom is -0.457 e. The van der Waals surface area contributed by atoms with E-state index >= 15 is 0 Å². The number of carbonyl (C=O) groups excluding carboxylic acids is 1. The minimum absolute atomic E-state index is 0.249. The van der Waals surface area contributed by atoms with Crippen LogP contribution in [0.15, 0.2) is 102 Å². The topological polar surface area (TPSA) is 26.3 Å². The summed E-state index contributed by atoms with van der Waals surface area (Å²) in [7, 11) is 0. The van der Waals surface area contributed by atoms with Gasteiger partial charge in [-0.1, -0.05) is 96.6 Å². The number of rotatable bonds is 7. The average Bonchev–Trinajstić information content (AvgIpc) is 2.73. The third-order valence-corrected chi connectivity index (χ3v) is 4.57. The quantitative estimate of drug-likeness (QED) is 0.411. The van der Waals surface area contributed by atoms with Gasteiger partial charge in [-0.2, -0.15) is 0 Å². The van der Waals surface area contributed by atoms with E-state index < -0.39 is 0 Å². The van der Waals surface area contributed by atoms with Gasteiger partial charge in [0.15, 0.2) is 0 Å². The Bertz CT molecular complexity index is 838. The number of ether oxygens (including phenoxy) is 1. The van der Waals surface area contributed by atoms with Gasteiger partial charge in [-0.25, -0.2) is 4.79 Å². The lowest BCUT2D eigenvalue weighted by Crippen LogP contribution is -2.11. The van der Waals surface area contributed by atoms with Gasteiger partial charge in [-0.05, 0) is 36.5 Å². The maximum absolute atomic E-state index is 12.7. The first kappa shape index (κ1) is 18.7. The first-order chi connectivity index (χ1) is 13.2. The van der Waals surface area contributed by atoms with Gasteiger partial charge < -0.3 is 4.74 Å². The number of esters is 1. The summed E-state index contributed by atoms with van der Waals surface area (Å²) in [5.41, 5.74) is 5.16. The molecule has 2 nitrogen and oxygen atoms in total. The predicted molar refractivity (Wildman–Crippen MR) is 109 cm³/mol. The van der Waals surface area contributed by atoms with Crippen LogP contribution in [0.4, 0.5) is 0 Å². The van der Waals surface area contributed by atoms with Crippen LogP contribution in [0.1, 0.15) is 23.6 Å². The van der Waals surface area contributed by atoms with Crippen molar-refractivity contribution in [3.8, 4) is 0 Å². The molecule has 0 atom stereocenters. The third-order valence-electron chi connectivity index (χ3n) is 4.57. The molecule has 0 aromatic heterocycles. The summed E-state index contributed by atoms with van der Waals surface area (Å²) in [4.78, 5) is 12.7. The molecular formula is C25H24O2. The summed E-state index contributed by atoms with van der Waals surface area (Å²) < 4.78 is 5.55. The largest absolute Gasteiger partial charge is 0.457 e. The van der Waals surface area contributed by atoms with Gasteiger partial charge in [0.1, 0.15) is 6.61 Å². The number of hydrogen-bond acceptors (Lipinski definition) is 2. The fraction of sp³-hybridized carbons (Fsp3) is 0.160. The Hall–Kier alpha value is -3.13.